The van der Waals surface area contributed by atoms with Crippen molar-refractivity contribution in [3.63, 3.8) is 0 Å². The van der Waals surface area contributed by atoms with Crippen LogP contribution in [-0.2, 0) is 33.4 Å². The monoisotopic (exact) mass is 336 g/mol. The van der Waals surface area contributed by atoms with Crippen molar-refractivity contribution in [3.05, 3.63) is 0 Å². The molecule has 0 heterocycles. The van der Waals surface area contributed by atoms with Gasteiger partial charge in [0.25, 0.3) is 5.60 Å². The van der Waals surface area contributed by atoms with Crippen molar-refractivity contribution in [2.24, 2.45) is 11.3 Å². The molecule has 0 aliphatic rings. The Labute approximate surface area is 129 Å². The Kier molecular flexibility index (Phi) is 6.08. The van der Waals surface area contributed by atoms with Crippen molar-refractivity contribution in [3.8, 4) is 0 Å². The molecule has 0 saturated heterocycles. The molecule has 0 saturated carbocycles. The van der Waals surface area contributed by atoms with E-state index < -0.39 is 47.0 Å². The van der Waals surface area contributed by atoms with E-state index in [4.69, 9.17) is 0 Å². The van der Waals surface area contributed by atoms with Gasteiger partial charge in [0.05, 0.1) is 14.2 Å². The van der Waals surface area contributed by atoms with Gasteiger partial charge in [0.15, 0.2) is 0 Å². The molecule has 130 valence electrons. The number of methoxy groups -OCH3 is 2. The fourth-order valence-corrected chi connectivity index (χ4v) is 1.87. The van der Waals surface area contributed by atoms with E-state index in [1.807, 2.05) is 0 Å². The number of carbonyl (C=O) groups excluding carboxylic acids is 2. The van der Waals surface area contributed by atoms with Gasteiger partial charge < -0.3 is 29.5 Å². The minimum atomic E-state index is -3.33. The summed E-state index contributed by atoms with van der Waals surface area (Å²) in [5.41, 5.74) is -5.87. The van der Waals surface area contributed by atoms with Gasteiger partial charge in [-0.2, -0.15) is 0 Å². The van der Waals surface area contributed by atoms with Crippen LogP contribution < -0.4 is 0 Å². The molecule has 0 radical (unpaired) electrons. The minimum absolute atomic E-state index is 0.761. The summed E-state index contributed by atoms with van der Waals surface area (Å²) < 4.78 is 12.8. The highest BCUT2D eigenvalue weighted by atomic mass is 16.7. The summed E-state index contributed by atoms with van der Waals surface area (Å²) in [7, 11) is 1.55. The summed E-state index contributed by atoms with van der Waals surface area (Å²) in [4.78, 5) is 57.7. The molecule has 3 N–H and O–H groups in total. The summed E-state index contributed by atoms with van der Waals surface area (Å²) in [5, 5.41) is 27.9. The normalized spacial score (nSPS) is 14.8. The summed E-state index contributed by atoms with van der Waals surface area (Å²) in [5.74, 6) is -10.3. The van der Waals surface area contributed by atoms with E-state index in [-0.39, 0.29) is 0 Å². The maximum Gasteiger partial charge on any atom is 0.509 e. The molecule has 11 nitrogen and oxygen atoms in total. The fraction of sp³-hybridized carbons (Fsp3) is 0.583. The third-order valence-electron chi connectivity index (χ3n) is 3.28. The van der Waals surface area contributed by atoms with Gasteiger partial charge in [0.2, 0.25) is 5.92 Å². The predicted molar refractivity (Wildman–Crippen MR) is 68.4 cm³/mol. The molecule has 0 aromatic carbocycles. The van der Waals surface area contributed by atoms with Gasteiger partial charge >= 0.3 is 30.0 Å². The maximum atomic E-state index is 11.8. The van der Waals surface area contributed by atoms with Crippen LogP contribution >= 0.6 is 0 Å². The lowest BCUT2D eigenvalue weighted by atomic mass is 9.67. The molecule has 2 atom stereocenters. The first-order valence-corrected chi connectivity index (χ1v) is 5.94. The molecule has 23 heavy (non-hydrogen) atoms. The van der Waals surface area contributed by atoms with Crippen molar-refractivity contribution in [2.75, 3.05) is 14.2 Å². The number of carboxylic acid groups (broad SMARTS) is 3. The van der Waals surface area contributed by atoms with Gasteiger partial charge in [-0.3, -0.25) is 14.4 Å². The summed E-state index contributed by atoms with van der Waals surface area (Å²) in [6.45, 7) is 1.57. The number of esters is 1. The molecular formula is C12H16O11. The zero-order chi connectivity index (χ0) is 18.6. The Hall–Kier alpha value is -2.85. The average Bonchev–Trinajstić information content (AvgIpc) is 2.44. The molecule has 2 unspecified atom stereocenters. The highest BCUT2D eigenvalue weighted by Crippen LogP contribution is 2.42. The van der Waals surface area contributed by atoms with Gasteiger partial charge in [-0.15, -0.1) is 0 Å². The lowest BCUT2D eigenvalue weighted by Gasteiger charge is -2.41. The van der Waals surface area contributed by atoms with E-state index in [0.29, 0.717) is 0 Å². The van der Waals surface area contributed by atoms with Crippen LogP contribution in [0.2, 0.25) is 0 Å². The molecule has 0 bridgehead atoms. The van der Waals surface area contributed by atoms with Crippen LogP contribution in [-0.4, -0.2) is 65.2 Å². The Morgan fingerprint density at radius 1 is 0.870 bits per heavy atom. The fourth-order valence-electron chi connectivity index (χ4n) is 1.87. The first-order valence-electron chi connectivity index (χ1n) is 5.94. The molecule has 11 heteroatoms. The van der Waals surface area contributed by atoms with Crippen molar-refractivity contribution in [1.29, 1.82) is 0 Å². The van der Waals surface area contributed by atoms with Gasteiger partial charge in [0, 0.05) is 0 Å². The summed E-state index contributed by atoms with van der Waals surface area (Å²) in [6.07, 6.45) is -1.68. The zero-order valence-corrected chi connectivity index (χ0v) is 12.7. The van der Waals surface area contributed by atoms with Crippen molar-refractivity contribution in [2.45, 2.75) is 19.4 Å². The quantitative estimate of drug-likeness (QED) is 0.406. The van der Waals surface area contributed by atoms with E-state index in [2.05, 4.69) is 14.2 Å². The first-order chi connectivity index (χ1) is 10.4. The minimum Gasteiger partial charge on any atom is -0.481 e. The lowest BCUT2D eigenvalue weighted by molar-refractivity contribution is -0.207. The van der Waals surface area contributed by atoms with Crippen molar-refractivity contribution in [1.82, 2.24) is 0 Å². The van der Waals surface area contributed by atoms with E-state index in [9.17, 15) is 39.3 Å². The van der Waals surface area contributed by atoms with Crippen LogP contribution in [0.5, 0.6) is 0 Å². The molecule has 0 aromatic rings. The second kappa shape index (κ2) is 6.94. The average molecular weight is 336 g/mol. The maximum absolute atomic E-state index is 11.8. The van der Waals surface area contributed by atoms with Crippen LogP contribution in [0.3, 0.4) is 0 Å². The zero-order valence-electron chi connectivity index (χ0n) is 12.7. The molecule has 0 aromatic heterocycles. The van der Waals surface area contributed by atoms with Gasteiger partial charge in [-0.05, 0) is 13.8 Å². The van der Waals surface area contributed by atoms with Crippen LogP contribution in [0.25, 0.3) is 0 Å². The lowest BCUT2D eigenvalue weighted by Crippen LogP contribution is -2.66. The third-order valence-corrected chi connectivity index (χ3v) is 3.28. The Morgan fingerprint density at radius 2 is 1.35 bits per heavy atom. The number of rotatable bonds is 7. The molecule has 0 aliphatic carbocycles. The van der Waals surface area contributed by atoms with Gasteiger partial charge in [0.1, 0.15) is 5.41 Å². The molecular weight excluding hydrogens is 320 g/mol. The SMILES string of the molecule is COC(=O)OC(C(=O)O)(C(C(=O)O)C(=O)OC)C(C)(C)C(=O)O. The number of hydrogen-bond donors (Lipinski definition) is 3. The van der Waals surface area contributed by atoms with E-state index in [1.54, 1.807) is 0 Å². The second-order valence-electron chi connectivity index (χ2n) is 4.82. The number of ether oxygens (including phenoxy) is 3. The van der Waals surface area contributed by atoms with Crippen LogP contribution in [0.1, 0.15) is 13.8 Å². The Bertz CT molecular complexity index is 535. The molecule has 0 spiro atoms. The number of hydrogen-bond acceptors (Lipinski definition) is 8. The van der Waals surface area contributed by atoms with Crippen LogP contribution in [0.15, 0.2) is 0 Å². The smallest absolute Gasteiger partial charge is 0.481 e. The highest BCUT2D eigenvalue weighted by Gasteiger charge is 2.69. The molecule has 0 fully saturated rings. The van der Waals surface area contributed by atoms with Crippen LogP contribution in [0.4, 0.5) is 4.79 Å². The standard InChI is InChI=1S/C12H16O11/c1-11(2,8(16)17)12(9(18)19,23-10(20)22-4)5(6(13)14)7(15)21-3/h5H,1-4H3,(H,13,14)(H,16,17)(H,18,19). The third kappa shape index (κ3) is 3.33. The molecule has 0 rings (SSSR count). The molecule has 0 amide bonds. The highest BCUT2D eigenvalue weighted by molar-refractivity contribution is 6.04. The summed E-state index contributed by atoms with van der Waals surface area (Å²) >= 11 is 0. The predicted octanol–water partition coefficient (Wildman–Crippen LogP) is -0.423. The van der Waals surface area contributed by atoms with E-state index >= 15 is 0 Å². The second-order valence-corrected chi connectivity index (χ2v) is 4.82. The number of aliphatic carboxylic acids is 3. The summed E-state index contributed by atoms with van der Waals surface area (Å²) in [6, 6.07) is 0. The Morgan fingerprint density at radius 3 is 1.61 bits per heavy atom. The topological polar surface area (TPSA) is 174 Å². The van der Waals surface area contributed by atoms with Crippen molar-refractivity contribution < 1.29 is 53.5 Å². The number of carboxylic acids is 3. The largest absolute Gasteiger partial charge is 0.509 e. The van der Waals surface area contributed by atoms with Crippen molar-refractivity contribution >= 4 is 30.0 Å². The van der Waals surface area contributed by atoms with E-state index in [0.717, 1.165) is 28.1 Å². The Balaban J connectivity index is 6.71. The first kappa shape index (κ1) is 20.1. The van der Waals surface area contributed by atoms with Crippen LogP contribution in [0, 0.1) is 11.3 Å². The number of carbonyl (C=O) groups is 5. The van der Waals surface area contributed by atoms with Gasteiger partial charge in [-0.1, -0.05) is 0 Å². The molecule has 0 aliphatic heterocycles. The van der Waals surface area contributed by atoms with E-state index in [1.165, 1.54) is 0 Å². The van der Waals surface area contributed by atoms with Gasteiger partial charge in [-0.25, -0.2) is 9.59 Å².